The number of amides is 8. The van der Waals surface area contributed by atoms with Crippen LogP contribution in [0.5, 0.6) is 0 Å². The van der Waals surface area contributed by atoms with Crippen molar-refractivity contribution in [2.45, 2.75) is 110 Å². The van der Waals surface area contributed by atoms with Crippen molar-refractivity contribution in [1.82, 2.24) is 40.3 Å². The number of unbranched alkanes of at least 4 members (excludes halogenated alkanes) is 2. The van der Waals surface area contributed by atoms with E-state index in [1.165, 1.54) is 17.1 Å². The first kappa shape index (κ1) is 49.9. The van der Waals surface area contributed by atoms with Gasteiger partial charge in [-0.2, -0.15) is 0 Å². The minimum Gasteiger partial charge on any atom is -0.465 e. The first-order valence-electron chi connectivity index (χ1n) is 22.1. The average molecular weight is 912 g/mol. The lowest BCUT2D eigenvalue weighted by atomic mass is 10.0. The largest absolute Gasteiger partial charge is 0.465 e. The monoisotopic (exact) mass is 911 g/mol. The number of para-hydroxylation sites is 1. The molecule has 0 unspecified atom stereocenters. The number of nitrogens with two attached hydrogens (primary N) is 2. The minimum atomic E-state index is -1.15. The molecule has 4 aromatic rings. The number of nitrogens with one attached hydrogen (secondary N) is 4. The molecule has 0 spiro atoms. The van der Waals surface area contributed by atoms with Gasteiger partial charge in [-0.3, -0.25) is 28.9 Å². The SMILES string of the molecule is CC(C)[C@H](NC(=O)CCCCCN1C(=O)C=CC1=O)C(=O)N[C@@H](CCCNC(N)=O)C(=O)Nc1ccc(CCCN(Cc2nc3c(N)nc4ccccc4c3n2CC(C)(C)O)C(=O)O)cc1. The number of rotatable bonds is 24. The van der Waals surface area contributed by atoms with Crippen LogP contribution in [0.2, 0.25) is 0 Å². The number of benzene rings is 2. The maximum Gasteiger partial charge on any atom is 0.407 e. The molecule has 20 heteroatoms. The van der Waals surface area contributed by atoms with Crippen LogP contribution in [0.25, 0.3) is 21.9 Å². The Morgan fingerprint density at radius 2 is 1.58 bits per heavy atom. The van der Waals surface area contributed by atoms with E-state index in [0.29, 0.717) is 66.6 Å². The fraction of sp³-hybridized carbons (Fsp3) is 0.457. The van der Waals surface area contributed by atoms with Crippen LogP contribution >= 0.6 is 0 Å². The van der Waals surface area contributed by atoms with Crippen molar-refractivity contribution < 1.29 is 43.8 Å². The van der Waals surface area contributed by atoms with Crippen LogP contribution in [-0.4, -0.2) is 114 Å². The first-order valence-corrected chi connectivity index (χ1v) is 22.1. The lowest BCUT2D eigenvalue weighted by molar-refractivity contribution is -0.137. The average Bonchev–Trinajstić information content (AvgIpc) is 3.77. The van der Waals surface area contributed by atoms with E-state index in [4.69, 9.17) is 16.5 Å². The molecule has 0 bridgehead atoms. The van der Waals surface area contributed by atoms with Gasteiger partial charge in [0.15, 0.2) is 5.82 Å². The number of imide groups is 1. The maximum atomic E-state index is 13.6. The molecular weight excluding hydrogens is 851 g/mol. The molecule has 20 nitrogen and oxygen atoms in total. The van der Waals surface area contributed by atoms with Crippen LogP contribution in [0, 0.1) is 5.92 Å². The van der Waals surface area contributed by atoms with Gasteiger partial charge in [0.1, 0.15) is 23.4 Å². The number of carbonyl (C=O) groups excluding carboxylic acids is 6. The van der Waals surface area contributed by atoms with E-state index in [1.54, 1.807) is 39.8 Å². The molecule has 0 radical (unpaired) electrons. The Morgan fingerprint density at radius 3 is 2.23 bits per heavy atom. The molecule has 66 heavy (non-hydrogen) atoms. The molecule has 0 saturated heterocycles. The summed E-state index contributed by atoms with van der Waals surface area (Å²) in [6, 6.07) is 11.7. The number of nitrogens with zero attached hydrogens (tertiary/aromatic N) is 5. The molecule has 3 heterocycles. The molecule has 354 valence electrons. The van der Waals surface area contributed by atoms with E-state index in [9.17, 15) is 43.8 Å². The number of aryl methyl sites for hydroxylation is 1. The number of fused-ring (bicyclic) bond motifs is 3. The number of carboxylic acid groups (broad SMARTS) is 1. The molecule has 1 aliphatic rings. The number of anilines is 2. The van der Waals surface area contributed by atoms with Gasteiger partial charge in [0.2, 0.25) is 17.7 Å². The summed E-state index contributed by atoms with van der Waals surface area (Å²) in [5.74, 6) is -1.87. The van der Waals surface area contributed by atoms with Gasteiger partial charge in [-0.05, 0) is 82.1 Å². The molecule has 2 aromatic heterocycles. The van der Waals surface area contributed by atoms with Crippen molar-refractivity contribution in [2.24, 2.45) is 11.7 Å². The van der Waals surface area contributed by atoms with Crippen LogP contribution < -0.4 is 32.7 Å². The predicted octanol–water partition coefficient (Wildman–Crippen LogP) is 3.55. The number of nitrogen functional groups attached to an aromatic ring is 1. The number of aromatic nitrogens is 3. The fourth-order valence-electron chi connectivity index (χ4n) is 7.67. The zero-order valence-electron chi connectivity index (χ0n) is 37.8. The Labute approximate surface area is 382 Å². The molecule has 0 fully saturated rings. The van der Waals surface area contributed by atoms with Gasteiger partial charge >= 0.3 is 12.1 Å². The lowest BCUT2D eigenvalue weighted by Crippen LogP contribution is -2.54. The van der Waals surface area contributed by atoms with E-state index < -0.39 is 41.6 Å². The highest BCUT2D eigenvalue weighted by atomic mass is 16.4. The third-order valence-electron chi connectivity index (χ3n) is 11.0. The highest BCUT2D eigenvalue weighted by Gasteiger charge is 2.30. The number of aliphatic hydroxyl groups is 1. The molecule has 0 saturated carbocycles. The van der Waals surface area contributed by atoms with Crippen molar-refractivity contribution in [3.05, 3.63) is 72.1 Å². The lowest BCUT2D eigenvalue weighted by Gasteiger charge is -2.25. The zero-order chi connectivity index (χ0) is 48.1. The predicted molar refractivity (Wildman–Crippen MR) is 247 cm³/mol. The fourth-order valence-corrected chi connectivity index (χ4v) is 7.67. The Balaban J connectivity index is 1.17. The number of imidazole rings is 1. The van der Waals surface area contributed by atoms with Gasteiger partial charge in [-0.1, -0.05) is 50.6 Å². The van der Waals surface area contributed by atoms with Gasteiger partial charge in [0, 0.05) is 49.3 Å². The number of urea groups is 1. The van der Waals surface area contributed by atoms with Crippen LogP contribution in [0.3, 0.4) is 0 Å². The number of primary amides is 1. The van der Waals surface area contributed by atoms with E-state index >= 15 is 0 Å². The van der Waals surface area contributed by atoms with E-state index in [2.05, 4.69) is 26.3 Å². The van der Waals surface area contributed by atoms with E-state index in [-0.39, 0.29) is 75.0 Å². The summed E-state index contributed by atoms with van der Waals surface area (Å²) < 4.78 is 1.81. The maximum absolute atomic E-state index is 13.6. The Hall–Kier alpha value is -7.09. The first-order chi connectivity index (χ1) is 31.3. The zero-order valence-corrected chi connectivity index (χ0v) is 37.8. The van der Waals surface area contributed by atoms with Crippen LogP contribution in [0.15, 0.2) is 60.7 Å². The highest BCUT2D eigenvalue weighted by Crippen LogP contribution is 2.30. The second-order valence-electron chi connectivity index (χ2n) is 17.4. The quantitative estimate of drug-likeness (QED) is 0.0370. The van der Waals surface area contributed by atoms with Gasteiger partial charge in [0.25, 0.3) is 11.8 Å². The normalized spacial score (nSPS) is 13.6. The summed E-state index contributed by atoms with van der Waals surface area (Å²) in [5, 5.41) is 32.7. The van der Waals surface area contributed by atoms with Gasteiger partial charge < -0.3 is 52.4 Å². The molecule has 2 aromatic carbocycles. The summed E-state index contributed by atoms with van der Waals surface area (Å²) in [6.07, 6.45) is 4.42. The van der Waals surface area contributed by atoms with Crippen LogP contribution in [0.4, 0.5) is 21.1 Å². The third-order valence-corrected chi connectivity index (χ3v) is 11.0. The molecule has 8 amide bonds. The van der Waals surface area contributed by atoms with Crippen molar-refractivity contribution in [3.8, 4) is 0 Å². The van der Waals surface area contributed by atoms with E-state index in [0.717, 1.165) is 15.8 Å². The van der Waals surface area contributed by atoms with Crippen molar-refractivity contribution in [3.63, 3.8) is 0 Å². The molecule has 5 rings (SSSR count). The topological polar surface area (TPSA) is 297 Å². The van der Waals surface area contributed by atoms with Crippen molar-refractivity contribution >= 4 is 75.1 Å². The second kappa shape index (κ2) is 22.7. The van der Waals surface area contributed by atoms with Crippen molar-refractivity contribution in [2.75, 3.05) is 30.7 Å². The smallest absolute Gasteiger partial charge is 0.407 e. The Kier molecular flexibility index (Phi) is 17.2. The summed E-state index contributed by atoms with van der Waals surface area (Å²) in [5.41, 5.74) is 13.4. The summed E-state index contributed by atoms with van der Waals surface area (Å²) in [4.78, 5) is 99.0. The summed E-state index contributed by atoms with van der Waals surface area (Å²) in [7, 11) is 0. The van der Waals surface area contributed by atoms with Gasteiger partial charge in [-0.25, -0.2) is 19.6 Å². The Morgan fingerprint density at radius 1 is 0.879 bits per heavy atom. The second-order valence-corrected chi connectivity index (χ2v) is 17.4. The number of hydrogen-bond donors (Lipinski definition) is 8. The number of hydrogen-bond acceptors (Lipinski definition) is 11. The summed E-state index contributed by atoms with van der Waals surface area (Å²) in [6.45, 7) is 7.51. The molecule has 2 atom stereocenters. The standard InChI is InChI=1S/C46H61N11O9/c1-28(2)38(54-35(58)16-6-5-9-25-56-36(59)21-22-37(56)60)43(62)52-33(15-10-23-49-44(48)63)42(61)50-30-19-17-29(18-20-30)12-11-24-55(45(64)65)26-34-53-39-40(57(34)27-46(3,4)66)31-13-7-8-14-32(31)51-41(39)47/h7-8,13-14,17-22,28,33,38,66H,5-6,9-12,15-16,23-27H2,1-4H3,(H2,47,51)(H,50,61)(H,52,62)(H,54,58)(H,64,65)(H3,48,49,63)/t33-,38-/m0/s1. The molecular formula is C46H61N11O9. The van der Waals surface area contributed by atoms with Crippen LogP contribution in [-0.2, 0) is 43.5 Å². The number of carbonyl (C=O) groups is 7. The highest BCUT2D eigenvalue weighted by molar-refractivity contribution is 6.13. The van der Waals surface area contributed by atoms with E-state index in [1.807, 2.05) is 41.0 Å². The Bertz CT molecular complexity index is 2430. The van der Waals surface area contributed by atoms with Gasteiger partial charge in [-0.15, -0.1) is 0 Å². The van der Waals surface area contributed by atoms with Crippen LogP contribution in [0.1, 0.15) is 84.0 Å². The molecule has 0 aliphatic carbocycles. The van der Waals surface area contributed by atoms with Crippen molar-refractivity contribution in [1.29, 1.82) is 0 Å². The minimum absolute atomic E-state index is 0.0630. The van der Waals surface area contributed by atoms with Gasteiger partial charge in [0.05, 0.1) is 29.7 Å². The summed E-state index contributed by atoms with van der Waals surface area (Å²) >= 11 is 0. The number of pyridine rings is 1. The molecule has 10 N–H and O–H groups in total. The molecule has 1 aliphatic heterocycles. The third kappa shape index (κ3) is 14.0.